The molecule has 186 valence electrons. The van der Waals surface area contributed by atoms with Gasteiger partial charge in [0.05, 0.1) is 13.2 Å². The van der Waals surface area contributed by atoms with E-state index in [1.165, 1.54) is 0 Å². The molecular formula is C26H39ClN6O. The number of rotatable bonds is 9. The molecule has 0 aromatic carbocycles. The Morgan fingerprint density at radius 2 is 1.85 bits per heavy atom. The van der Waals surface area contributed by atoms with Crippen molar-refractivity contribution in [2.75, 3.05) is 84.1 Å². The topological polar surface area (TPSA) is 48.0 Å². The van der Waals surface area contributed by atoms with Crippen LogP contribution in [0.5, 0.6) is 0 Å². The highest BCUT2D eigenvalue weighted by Crippen LogP contribution is 2.32. The van der Waals surface area contributed by atoms with Crippen molar-refractivity contribution >= 4 is 23.0 Å². The van der Waals surface area contributed by atoms with Crippen molar-refractivity contribution in [3.63, 3.8) is 0 Å². The van der Waals surface area contributed by atoms with Crippen molar-refractivity contribution in [1.82, 2.24) is 24.7 Å². The zero-order valence-electron chi connectivity index (χ0n) is 20.8. The quantitative estimate of drug-likeness (QED) is 0.393. The van der Waals surface area contributed by atoms with Gasteiger partial charge in [0.25, 0.3) is 0 Å². The fourth-order valence-electron chi connectivity index (χ4n) is 4.86. The summed E-state index contributed by atoms with van der Waals surface area (Å²) in [5, 5.41) is 0.575. The molecule has 2 saturated heterocycles. The van der Waals surface area contributed by atoms with Gasteiger partial charge in [-0.25, -0.2) is 9.97 Å². The molecule has 0 aliphatic carbocycles. The van der Waals surface area contributed by atoms with Crippen LogP contribution in [-0.4, -0.2) is 110 Å². The minimum Gasteiger partial charge on any atom is -0.379 e. The Balaban J connectivity index is 1.43. The molecule has 1 atom stereocenters. The first-order chi connectivity index (χ1) is 16.5. The predicted octanol–water partition coefficient (Wildman–Crippen LogP) is 2.98. The molecule has 0 N–H and O–H groups in total. The van der Waals surface area contributed by atoms with Gasteiger partial charge in [0, 0.05) is 76.1 Å². The average molecular weight is 487 g/mol. The molecule has 1 unspecified atom stereocenters. The summed E-state index contributed by atoms with van der Waals surface area (Å²) in [6.45, 7) is 17.3. The number of nitrogens with zero attached hydrogens (tertiary/aromatic N) is 6. The molecule has 7 nitrogen and oxygen atoms in total. The molecular weight excluding hydrogens is 448 g/mol. The number of piperazine rings is 1. The number of morpholine rings is 1. The lowest BCUT2D eigenvalue weighted by atomic mass is 10.1. The monoisotopic (exact) mass is 486 g/mol. The minimum atomic E-state index is 0.350. The van der Waals surface area contributed by atoms with Crippen LogP contribution in [0.4, 0.5) is 5.82 Å². The molecule has 4 heterocycles. The van der Waals surface area contributed by atoms with E-state index >= 15 is 0 Å². The van der Waals surface area contributed by atoms with E-state index in [4.69, 9.17) is 21.3 Å². The van der Waals surface area contributed by atoms with Gasteiger partial charge in [-0.05, 0) is 26.8 Å². The van der Waals surface area contributed by atoms with Gasteiger partial charge in [0.2, 0.25) is 0 Å². The zero-order valence-corrected chi connectivity index (χ0v) is 21.5. The average Bonchev–Trinajstić information content (AvgIpc) is 3.26. The van der Waals surface area contributed by atoms with Crippen molar-refractivity contribution in [3.8, 4) is 0 Å². The Labute approximate surface area is 209 Å². The summed E-state index contributed by atoms with van der Waals surface area (Å²) < 4.78 is 5.46. The number of anilines is 1. The van der Waals surface area contributed by atoms with Gasteiger partial charge in [-0.15, -0.1) is 0 Å². The molecule has 0 amide bonds. The van der Waals surface area contributed by atoms with Crippen LogP contribution < -0.4 is 4.90 Å². The van der Waals surface area contributed by atoms with Gasteiger partial charge >= 0.3 is 0 Å². The van der Waals surface area contributed by atoms with Crippen molar-refractivity contribution in [2.24, 2.45) is 0 Å². The standard InChI is InChI=1S/C26H39ClN6O/c1-4-6-22(8-7-21(2)32-15-13-30(3)14-16-32)25-28-24(27)23-9-12-33(26(23)29-25)11-5-10-31-17-19-34-20-18-31/h4,6-8,21H,1,5,9-20H2,2-3H3/b8-7-,22-6+. The van der Waals surface area contributed by atoms with Crippen LogP contribution in [0.2, 0.25) is 5.15 Å². The molecule has 34 heavy (non-hydrogen) atoms. The molecule has 3 aliphatic rings. The van der Waals surface area contributed by atoms with Crippen LogP contribution in [0.25, 0.3) is 5.57 Å². The number of halogens is 1. The fraction of sp³-hybridized carbons (Fsp3) is 0.615. The number of aromatic nitrogens is 2. The maximum absolute atomic E-state index is 6.65. The van der Waals surface area contributed by atoms with Crippen LogP contribution in [-0.2, 0) is 11.2 Å². The molecule has 2 fully saturated rings. The molecule has 1 aromatic heterocycles. The summed E-state index contributed by atoms with van der Waals surface area (Å²) in [6, 6.07) is 0.350. The van der Waals surface area contributed by atoms with E-state index in [1.807, 2.05) is 6.08 Å². The highest BCUT2D eigenvalue weighted by Gasteiger charge is 2.26. The van der Waals surface area contributed by atoms with E-state index in [0.29, 0.717) is 17.0 Å². The van der Waals surface area contributed by atoms with Crippen LogP contribution in [0, 0.1) is 0 Å². The molecule has 3 aliphatic heterocycles. The van der Waals surface area contributed by atoms with Crippen LogP contribution in [0.1, 0.15) is 24.7 Å². The molecule has 0 saturated carbocycles. The number of allylic oxidation sites excluding steroid dienone is 4. The maximum Gasteiger partial charge on any atom is 0.163 e. The number of ether oxygens (including phenoxy) is 1. The lowest BCUT2D eigenvalue weighted by Crippen LogP contribution is -2.47. The van der Waals surface area contributed by atoms with Crippen molar-refractivity contribution < 1.29 is 4.74 Å². The highest BCUT2D eigenvalue weighted by molar-refractivity contribution is 6.30. The molecule has 4 rings (SSSR count). The predicted molar refractivity (Wildman–Crippen MR) is 141 cm³/mol. The second-order valence-corrected chi connectivity index (χ2v) is 9.84. The lowest BCUT2D eigenvalue weighted by molar-refractivity contribution is 0.0376. The first kappa shape index (κ1) is 25.3. The third-order valence-corrected chi connectivity index (χ3v) is 7.41. The zero-order chi connectivity index (χ0) is 23.9. The largest absolute Gasteiger partial charge is 0.379 e. The maximum atomic E-state index is 6.65. The van der Waals surface area contributed by atoms with Gasteiger partial charge in [-0.1, -0.05) is 42.5 Å². The van der Waals surface area contributed by atoms with Crippen molar-refractivity contribution in [3.05, 3.63) is 47.4 Å². The van der Waals surface area contributed by atoms with E-state index < -0.39 is 0 Å². The molecule has 0 radical (unpaired) electrons. The van der Waals surface area contributed by atoms with E-state index in [2.05, 4.69) is 57.3 Å². The molecule has 0 bridgehead atoms. The van der Waals surface area contributed by atoms with Crippen LogP contribution in [0.3, 0.4) is 0 Å². The third-order valence-electron chi connectivity index (χ3n) is 7.10. The normalized spacial score (nSPS) is 21.9. The Hall–Kier alpha value is -1.77. The fourth-order valence-corrected chi connectivity index (χ4v) is 5.12. The molecule has 0 spiro atoms. The summed E-state index contributed by atoms with van der Waals surface area (Å²) in [5.74, 6) is 1.66. The van der Waals surface area contributed by atoms with Crippen molar-refractivity contribution in [1.29, 1.82) is 0 Å². The Bertz CT molecular complexity index is 890. The number of hydrogen-bond donors (Lipinski definition) is 0. The lowest BCUT2D eigenvalue weighted by Gasteiger charge is -2.35. The van der Waals surface area contributed by atoms with Gasteiger partial charge in [0.1, 0.15) is 11.0 Å². The van der Waals surface area contributed by atoms with E-state index in [9.17, 15) is 0 Å². The van der Waals surface area contributed by atoms with Crippen molar-refractivity contribution in [2.45, 2.75) is 25.8 Å². The molecule has 8 heteroatoms. The Morgan fingerprint density at radius 3 is 2.59 bits per heavy atom. The van der Waals surface area contributed by atoms with Crippen LogP contribution in [0.15, 0.2) is 30.9 Å². The highest BCUT2D eigenvalue weighted by atomic mass is 35.5. The summed E-state index contributed by atoms with van der Waals surface area (Å²) >= 11 is 6.65. The van der Waals surface area contributed by atoms with E-state index in [0.717, 1.165) is 102 Å². The Morgan fingerprint density at radius 1 is 1.09 bits per heavy atom. The van der Waals surface area contributed by atoms with Crippen LogP contribution >= 0.6 is 11.6 Å². The first-order valence-corrected chi connectivity index (χ1v) is 13.0. The Kier molecular flexibility index (Phi) is 9.14. The second-order valence-electron chi connectivity index (χ2n) is 9.48. The summed E-state index contributed by atoms with van der Waals surface area (Å²) in [7, 11) is 2.18. The van der Waals surface area contributed by atoms with Gasteiger partial charge in [0.15, 0.2) is 5.82 Å². The second kappa shape index (κ2) is 12.3. The molecule has 1 aromatic rings. The third kappa shape index (κ3) is 6.46. The summed E-state index contributed by atoms with van der Waals surface area (Å²) in [4.78, 5) is 19.4. The minimum absolute atomic E-state index is 0.350. The van der Waals surface area contributed by atoms with Gasteiger partial charge < -0.3 is 14.5 Å². The first-order valence-electron chi connectivity index (χ1n) is 12.6. The smallest absolute Gasteiger partial charge is 0.163 e. The number of hydrogen-bond acceptors (Lipinski definition) is 7. The van der Waals surface area contributed by atoms with E-state index in [-0.39, 0.29) is 0 Å². The van der Waals surface area contributed by atoms with Gasteiger partial charge in [-0.2, -0.15) is 0 Å². The van der Waals surface area contributed by atoms with Gasteiger partial charge in [-0.3, -0.25) is 9.80 Å². The number of likely N-dealkylation sites (N-methyl/N-ethyl adjacent to an activating group) is 1. The van der Waals surface area contributed by atoms with E-state index in [1.54, 1.807) is 6.08 Å². The number of fused-ring (bicyclic) bond motifs is 1. The summed E-state index contributed by atoms with van der Waals surface area (Å²) in [5.41, 5.74) is 2.02. The SMILES string of the molecule is C=C/C=C(\C=C/C(C)N1CCN(C)CC1)c1nc(Cl)c2c(n1)N(CCCN1CCOCC1)CC2. The summed E-state index contributed by atoms with van der Waals surface area (Å²) in [6.07, 6.45) is 10.1.